The monoisotopic (exact) mass is 326 g/mol. The molecule has 0 spiro atoms. The van der Waals surface area contributed by atoms with Crippen molar-refractivity contribution in [3.8, 4) is 11.3 Å². The van der Waals surface area contributed by atoms with Crippen molar-refractivity contribution in [3.63, 3.8) is 0 Å². The summed E-state index contributed by atoms with van der Waals surface area (Å²) in [6, 6.07) is 10.8. The minimum atomic E-state index is 0.478. The molecule has 0 amide bonds. The second-order valence-corrected chi connectivity index (χ2v) is 6.77. The molecule has 1 aliphatic carbocycles. The zero-order chi connectivity index (χ0) is 16.0. The third-order valence-electron chi connectivity index (χ3n) is 4.79. The Morgan fingerprint density at radius 1 is 1.17 bits per heavy atom. The maximum atomic E-state index is 6.39. The van der Waals surface area contributed by atoms with E-state index >= 15 is 0 Å². The summed E-state index contributed by atoms with van der Waals surface area (Å²) in [5.74, 6) is 1.58. The van der Waals surface area contributed by atoms with Crippen molar-refractivity contribution in [2.45, 2.75) is 24.8 Å². The van der Waals surface area contributed by atoms with Crippen molar-refractivity contribution in [3.05, 3.63) is 53.7 Å². The summed E-state index contributed by atoms with van der Waals surface area (Å²) in [5, 5.41) is 0.508. The number of halogens is 1. The van der Waals surface area contributed by atoms with Crippen LogP contribution in [0.25, 0.3) is 16.8 Å². The SMILES string of the molecule is CN(C)C1CC(c2nc(-c3ccccc3)c3c(Cl)nccn23)C1. The van der Waals surface area contributed by atoms with Gasteiger partial charge in [-0.3, -0.25) is 4.40 Å². The number of fused-ring (bicyclic) bond motifs is 1. The summed E-state index contributed by atoms with van der Waals surface area (Å²) in [7, 11) is 4.28. The Balaban J connectivity index is 1.83. The van der Waals surface area contributed by atoms with E-state index in [0.717, 1.165) is 35.4 Å². The number of benzene rings is 1. The van der Waals surface area contributed by atoms with Crippen molar-refractivity contribution in [2.75, 3.05) is 14.1 Å². The molecule has 0 aliphatic heterocycles. The molecule has 4 rings (SSSR count). The van der Waals surface area contributed by atoms with E-state index in [2.05, 4.69) is 40.5 Å². The second-order valence-electron chi connectivity index (χ2n) is 6.41. The van der Waals surface area contributed by atoms with Gasteiger partial charge < -0.3 is 4.90 Å². The Bertz CT molecular complexity index is 835. The number of nitrogens with zero attached hydrogens (tertiary/aromatic N) is 4. The van der Waals surface area contributed by atoms with E-state index in [4.69, 9.17) is 16.6 Å². The molecule has 0 bridgehead atoms. The van der Waals surface area contributed by atoms with Gasteiger partial charge in [0.15, 0.2) is 5.15 Å². The predicted octanol–water partition coefficient (Wildman–Crippen LogP) is 3.86. The van der Waals surface area contributed by atoms with Gasteiger partial charge in [-0.05, 0) is 26.9 Å². The number of hydrogen-bond acceptors (Lipinski definition) is 3. The normalized spacial score (nSPS) is 20.9. The van der Waals surface area contributed by atoms with Crippen LogP contribution in [0.3, 0.4) is 0 Å². The second kappa shape index (κ2) is 5.62. The molecule has 1 aliphatic rings. The highest BCUT2D eigenvalue weighted by molar-refractivity contribution is 6.33. The fourth-order valence-electron chi connectivity index (χ4n) is 3.33. The van der Waals surface area contributed by atoms with Gasteiger partial charge in [-0.1, -0.05) is 41.9 Å². The molecule has 0 atom stereocenters. The lowest BCUT2D eigenvalue weighted by atomic mass is 9.79. The predicted molar refractivity (Wildman–Crippen MR) is 92.9 cm³/mol. The Kier molecular flexibility index (Phi) is 3.58. The van der Waals surface area contributed by atoms with Crippen molar-refractivity contribution < 1.29 is 0 Å². The lowest BCUT2D eigenvalue weighted by molar-refractivity contribution is 0.161. The molecule has 0 saturated heterocycles. The van der Waals surface area contributed by atoms with Gasteiger partial charge in [0.1, 0.15) is 11.3 Å². The molecule has 23 heavy (non-hydrogen) atoms. The Morgan fingerprint density at radius 2 is 1.91 bits per heavy atom. The number of rotatable bonds is 3. The lowest BCUT2D eigenvalue weighted by Gasteiger charge is -2.38. The quantitative estimate of drug-likeness (QED) is 0.733. The molecule has 0 N–H and O–H groups in total. The first-order valence-corrected chi connectivity index (χ1v) is 8.27. The van der Waals surface area contributed by atoms with Gasteiger partial charge in [0.25, 0.3) is 0 Å². The molecule has 1 saturated carbocycles. The van der Waals surface area contributed by atoms with E-state index in [1.807, 2.05) is 24.4 Å². The van der Waals surface area contributed by atoms with Crippen LogP contribution < -0.4 is 0 Å². The van der Waals surface area contributed by atoms with E-state index in [0.29, 0.717) is 17.1 Å². The molecule has 0 radical (unpaired) electrons. The summed E-state index contributed by atoms with van der Waals surface area (Å²) in [4.78, 5) is 11.5. The Labute approximate surface area is 140 Å². The minimum Gasteiger partial charge on any atom is -0.306 e. The van der Waals surface area contributed by atoms with Gasteiger partial charge in [0.2, 0.25) is 0 Å². The Hall–Kier alpha value is -1.91. The van der Waals surface area contributed by atoms with Crippen LogP contribution in [0.15, 0.2) is 42.7 Å². The molecule has 118 valence electrons. The van der Waals surface area contributed by atoms with Gasteiger partial charge >= 0.3 is 0 Å². The smallest absolute Gasteiger partial charge is 0.155 e. The largest absolute Gasteiger partial charge is 0.306 e. The highest BCUT2D eigenvalue weighted by atomic mass is 35.5. The fourth-order valence-corrected chi connectivity index (χ4v) is 3.57. The van der Waals surface area contributed by atoms with Crippen LogP contribution in [0, 0.1) is 0 Å². The third kappa shape index (κ3) is 2.42. The molecule has 0 unspecified atom stereocenters. The topological polar surface area (TPSA) is 33.4 Å². The first-order chi connectivity index (χ1) is 11.1. The van der Waals surface area contributed by atoms with Crippen molar-refractivity contribution in [2.24, 2.45) is 0 Å². The highest BCUT2D eigenvalue weighted by Crippen LogP contribution is 2.41. The molecule has 5 heteroatoms. The zero-order valence-corrected chi connectivity index (χ0v) is 14.0. The van der Waals surface area contributed by atoms with Gasteiger partial charge in [0.05, 0.1) is 5.69 Å². The molecule has 4 nitrogen and oxygen atoms in total. The summed E-state index contributed by atoms with van der Waals surface area (Å²) >= 11 is 6.39. The molecule has 1 fully saturated rings. The van der Waals surface area contributed by atoms with Crippen LogP contribution in [-0.2, 0) is 0 Å². The summed E-state index contributed by atoms with van der Waals surface area (Å²) in [6.07, 6.45) is 6.00. The maximum Gasteiger partial charge on any atom is 0.155 e. The van der Waals surface area contributed by atoms with Crippen LogP contribution in [0.1, 0.15) is 24.6 Å². The van der Waals surface area contributed by atoms with E-state index in [-0.39, 0.29) is 0 Å². The molecule has 2 heterocycles. The van der Waals surface area contributed by atoms with Crippen LogP contribution >= 0.6 is 11.6 Å². The number of hydrogen-bond donors (Lipinski definition) is 0. The summed E-state index contributed by atoms with van der Waals surface area (Å²) in [5.41, 5.74) is 2.91. The van der Waals surface area contributed by atoms with Gasteiger partial charge in [-0.25, -0.2) is 9.97 Å². The highest BCUT2D eigenvalue weighted by Gasteiger charge is 2.35. The molecule has 3 aromatic rings. The Morgan fingerprint density at radius 3 is 2.61 bits per heavy atom. The van der Waals surface area contributed by atoms with E-state index in [1.165, 1.54) is 0 Å². The average molecular weight is 327 g/mol. The van der Waals surface area contributed by atoms with Crippen LogP contribution in [0.2, 0.25) is 5.15 Å². The van der Waals surface area contributed by atoms with E-state index in [1.54, 1.807) is 6.20 Å². The third-order valence-corrected chi connectivity index (χ3v) is 5.07. The first kappa shape index (κ1) is 14.7. The average Bonchev–Trinajstić information content (AvgIpc) is 2.87. The van der Waals surface area contributed by atoms with Gasteiger partial charge in [-0.2, -0.15) is 0 Å². The molecule has 2 aromatic heterocycles. The molecular formula is C18H19ClN4. The standard InChI is InChI=1S/C18H19ClN4/c1-22(2)14-10-13(11-14)18-21-15(12-6-4-3-5-7-12)16-17(19)20-8-9-23(16)18/h3-9,13-14H,10-11H2,1-2H3. The zero-order valence-electron chi connectivity index (χ0n) is 13.3. The summed E-state index contributed by atoms with van der Waals surface area (Å²) < 4.78 is 2.12. The number of aromatic nitrogens is 3. The van der Waals surface area contributed by atoms with Crippen molar-refractivity contribution >= 4 is 17.1 Å². The van der Waals surface area contributed by atoms with Gasteiger partial charge in [0, 0.05) is 29.9 Å². The number of imidazole rings is 1. The first-order valence-electron chi connectivity index (χ1n) is 7.89. The van der Waals surface area contributed by atoms with Gasteiger partial charge in [-0.15, -0.1) is 0 Å². The van der Waals surface area contributed by atoms with Crippen LogP contribution in [0.5, 0.6) is 0 Å². The van der Waals surface area contributed by atoms with Crippen LogP contribution in [0.4, 0.5) is 0 Å². The van der Waals surface area contributed by atoms with Crippen molar-refractivity contribution in [1.29, 1.82) is 0 Å². The van der Waals surface area contributed by atoms with Crippen molar-refractivity contribution in [1.82, 2.24) is 19.3 Å². The lowest BCUT2D eigenvalue weighted by Crippen LogP contribution is -2.39. The maximum absolute atomic E-state index is 6.39. The molecule has 1 aromatic carbocycles. The van der Waals surface area contributed by atoms with E-state index in [9.17, 15) is 0 Å². The fraction of sp³-hybridized carbons (Fsp3) is 0.333. The minimum absolute atomic E-state index is 0.478. The van der Waals surface area contributed by atoms with Crippen LogP contribution in [-0.4, -0.2) is 39.4 Å². The van der Waals surface area contributed by atoms with E-state index < -0.39 is 0 Å². The summed E-state index contributed by atoms with van der Waals surface area (Å²) in [6.45, 7) is 0. The molecular weight excluding hydrogens is 308 g/mol.